The molecule has 0 aliphatic carbocycles. The summed E-state index contributed by atoms with van der Waals surface area (Å²) in [6, 6.07) is 6.89. The zero-order valence-electron chi connectivity index (χ0n) is 20.7. The molecule has 37 heavy (non-hydrogen) atoms. The van der Waals surface area contributed by atoms with Gasteiger partial charge in [-0.05, 0) is 37.5 Å². The van der Waals surface area contributed by atoms with Gasteiger partial charge in [-0.25, -0.2) is 14.4 Å². The molecule has 3 N–H and O–H groups in total. The Morgan fingerprint density at radius 1 is 1.14 bits per heavy atom. The standard InChI is InChI=1S/C27H27FN8O/c1-15(2)27(37)31-17-10-16(13-29-14-17)18-11-19-21(12-20(18)28)34-35-23(19)26-32-24-22(6-7-30-25(24)33-26)36-8-4-3-5-9-36/h6-7,10-15H,3-5,8-9H2,1-2H3,(H,31,37)(H,34,35)(H,30,32,33). The molecule has 6 rings (SSSR count). The number of nitrogens with zero attached hydrogens (tertiary/aromatic N) is 5. The van der Waals surface area contributed by atoms with Crippen molar-refractivity contribution in [3.05, 3.63) is 48.7 Å². The first kappa shape index (κ1) is 23.1. The van der Waals surface area contributed by atoms with Gasteiger partial charge in [-0.3, -0.25) is 14.9 Å². The summed E-state index contributed by atoms with van der Waals surface area (Å²) in [5.41, 5.74) is 5.12. The normalized spacial score (nSPS) is 14.1. The predicted molar refractivity (Wildman–Crippen MR) is 142 cm³/mol. The molecular formula is C27H27FN8O. The van der Waals surface area contributed by atoms with Gasteiger partial charge in [0.1, 0.15) is 17.0 Å². The molecule has 5 heterocycles. The molecule has 0 spiro atoms. The van der Waals surface area contributed by atoms with Crippen LogP contribution >= 0.6 is 0 Å². The monoisotopic (exact) mass is 498 g/mol. The van der Waals surface area contributed by atoms with Crippen LogP contribution in [-0.4, -0.2) is 49.1 Å². The molecule has 4 aromatic heterocycles. The SMILES string of the molecule is CC(C)C(=O)Nc1cncc(-c2cc3c(-c4nc5nccc(N6CCCCC6)c5[nH]4)n[nH]c3cc2F)c1. The molecule has 1 amide bonds. The number of aromatic nitrogens is 6. The second-order valence-corrected chi connectivity index (χ2v) is 9.72. The smallest absolute Gasteiger partial charge is 0.226 e. The minimum atomic E-state index is -0.421. The van der Waals surface area contributed by atoms with Crippen LogP contribution in [0.2, 0.25) is 0 Å². The number of imidazole rings is 1. The summed E-state index contributed by atoms with van der Waals surface area (Å²) < 4.78 is 15.2. The van der Waals surface area contributed by atoms with E-state index in [0.717, 1.165) is 24.3 Å². The van der Waals surface area contributed by atoms with Crippen molar-refractivity contribution < 1.29 is 9.18 Å². The van der Waals surface area contributed by atoms with Gasteiger partial charge in [0.2, 0.25) is 5.91 Å². The van der Waals surface area contributed by atoms with E-state index in [2.05, 4.69) is 35.4 Å². The summed E-state index contributed by atoms with van der Waals surface area (Å²) >= 11 is 0. The second-order valence-electron chi connectivity index (χ2n) is 9.72. The molecule has 1 fully saturated rings. The van der Waals surface area contributed by atoms with Crippen molar-refractivity contribution in [3.63, 3.8) is 0 Å². The first-order chi connectivity index (χ1) is 18.0. The van der Waals surface area contributed by atoms with Gasteiger partial charge in [-0.2, -0.15) is 5.10 Å². The first-order valence-electron chi connectivity index (χ1n) is 12.5. The molecule has 5 aromatic rings. The second kappa shape index (κ2) is 9.27. The van der Waals surface area contributed by atoms with Gasteiger partial charge < -0.3 is 15.2 Å². The first-order valence-corrected chi connectivity index (χ1v) is 12.5. The summed E-state index contributed by atoms with van der Waals surface area (Å²) in [5, 5.41) is 10.9. The zero-order valence-corrected chi connectivity index (χ0v) is 20.7. The molecule has 0 bridgehead atoms. The van der Waals surface area contributed by atoms with Gasteiger partial charge in [-0.15, -0.1) is 0 Å². The third kappa shape index (κ3) is 4.28. The van der Waals surface area contributed by atoms with Gasteiger partial charge in [0.25, 0.3) is 0 Å². The molecule has 9 nitrogen and oxygen atoms in total. The summed E-state index contributed by atoms with van der Waals surface area (Å²) in [5.74, 6) is -0.171. The lowest BCUT2D eigenvalue weighted by atomic mass is 10.0. The van der Waals surface area contributed by atoms with Gasteiger partial charge in [0, 0.05) is 54.0 Å². The van der Waals surface area contributed by atoms with Gasteiger partial charge in [0.15, 0.2) is 11.5 Å². The average Bonchev–Trinajstić information content (AvgIpc) is 3.52. The Morgan fingerprint density at radius 3 is 2.78 bits per heavy atom. The molecular weight excluding hydrogens is 471 g/mol. The number of amides is 1. The minimum Gasteiger partial charge on any atom is -0.370 e. The molecule has 1 saturated heterocycles. The van der Waals surface area contributed by atoms with E-state index in [-0.39, 0.29) is 11.8 Å². The number of nitrogens with one attached hydrogen (secondary N) is 3. The van der Waals surface area contributed by atoms with E-state index in [1.54, 1.807) is 30.7 Å². The number of piperidine rings is 1. The number of hydrogen-bond donors (Lipinski definition) is 3. The molecule has 1 aliphatic heterocycles. The maximum atomic E-state index is 15.2. The zero-order chi connectivity index (χ0) is 25.5. The molecule has 0 radical (unpaired) electrons. The van der Waals surface area contributed by atoms with E-state index in [9.17, 15) is 4.79 Å². The molecule has 10 heteroatoms. The third-order valence-corrected chi connectivity index (χ3v) is 6.78. The number of hydrogen-bond acceptors (Lipinski definition) is 6. The van der Waals surface area contributed by atoms with Crippen molar-refractivity contribution in [1.29, 1.82) is 0 Å². The maximum Gasteiger partial charge on any atom is 0.226 e. The van der Waals surface area contributed by atoms with Crippen LogP contribution in [0.15, 0.2) is 42.9 Å². The van der Waals surface area contributed by atoms with Gasteiger partial charge >= 0.3 is 0 Å². The van der Waals surface area contributed by atoms with Crippen molar-refractivity contribution in [3.8, 4) is 22.6 Å². The Morgan fingerprint density at radius 2 is 1.97 bits per heavy atom. The van der Waals surface area contributed by atoms with Crippen LogP contribution in [0.4, 0.5) is 15.8 Å². The van der Waals surface area contributed by atoms with Crippen molar-refractivity contribution in [2.24, 2.45) is 5.92 Å². The average molecular weight is 499 g/mol. The summed E-state index contributed by atoms with van der Waals surface area (Å²) in [4.78, 5) is 31.3. The maximum absolute atomic E-state index is 15.2. The highest BCUT2D eigenvalue weighted by Gasteiger charge is 2.20. The van der Waals surface area contributed by atoms with Crippen LogP contribution in [0.25, 0.3) is 44.7 Å². The fourth-order valence-electron chi connectivity index (χ4n) is 4.79. The summed E-state index contributed by atoms with van der Waals surface area (Å²) in [7, 11) is 0. The Labute approximate surface area is 212 Å². The Kier molecular flexibility index (Phi) is 5.78. The van der Waals surface area contributed by atoms with E-state index in [1.807, 2.05) is 19.9 Å². The van der Waals surface area contributed by atoms with Crippen molar-refractivity contribution >= 4 is 39.3 Å². The van der Waals surface area contributed by atoms with E-state index >= 15 is 4.39 Å². The van der Waals surface area contributed by atoms with E-state index < -0.39 is 5.82 Å². The topological polar surface area (TPSA) is 115 Å². The van der Waals surface area contributed by atoms with Crippen LogP contribution < -0.4 is 10.2 Å². The van der Waals surface area contributed by atoms with Crippen LogP contribution in [0, 0.1) is 11.7 Å². The predicted octanol–water partition coefficient (Wildman–Crippen LogP) is 5.29. The van der Waals surface area contributed by atoms with Crippen molar-refractivity contribution in [2.75, 3.05) is 23.3 Å². The lowest BCUT2D eigenvalue weighted by molar-refractivity contribution is -0.118. The lowest BCUT2D eigenvalue weighted by Gasteiger charge is -2.28. The van der Waals surface area contributed by atoms with Crippen LogP contribution in [0.3, 0.4) is 0 Å². The van der Waals surface area contributed by atoms with Crippen molar-refractivity contribution in [1.82, 2.24) is 30.1 Å². The van der Waals surface area contributed by atoms with E-state index in [4.69, 9.17) is 4.98 Å². The van der Waals surface area contributed by atoms with Gasteiger partial charge in [-0.1, -0.05) is 13.8 Å². The van der Waals surface area contributed by atoms with Gasteiger partial charge in [0.05, 0.1) is 23.1 Å². The fourth-order valence-corrected chi connectivity index (χ4v) is 4.79. The van der Waals surface area contributed by atoms with Crippen LogP contribution in [0.1, 0.15) is 33.1 Å². The highest BCUT2D eigenvalue weighted by Crippen LogP contribution is 2.34. The number of rotatable bonds is 5. The number of benzene rings is 1. The number of halogens is 1. The fraction of sp³-hybridized carbons (Fsp3) is 0.296. The third-order valence-electron chi connectivity index (χ3n) is 6.78. The molecule has 0 unspecified atom stereocenters. The number of aromatic amines is 2. The lowest BCUT2D eigenvalue weighted by Crippen LogP contribution is -2.29. The van der Waals surface area contributed by atoms with Crippen molar-refractivity contribution in [2.45, 2.75) is 33.1 Å². The van der Waals surface area contributed by atoms with E-state index in [1.165, 1.54) is 25.3 Å². The quantitative estimate of drug-likeness (QED) is 0.303. The number of carbonyl (C=O) groups excluding carboxylic acids is 1. The Hall–Kier alpha value is -4.34. The molecule has 1 aliphatic rings. The number of H-pyrrole nitrogens is 2. The number of fused-ring (bicyclic) bond motifs is 2. The molecule has 1 aromatic carbocycles. The highest BCUT2D eigenvalue weighted by atomic mass is 19.1. The molecule has 188 valence electrons. The van der Waals surface area contributed by atoms with Crippen LogP contribution in [0.5, 0.6) is 0 Å². The number of anilines is 2. The molecule has 0 saturated carbocycles. The number of carbonyl (C=O) groups is 1. The summed E-state index contributed by atoms with van der Waals surface area (Å²) in [6.45, 7) is 5.63. The van der Waals surface area contributed by atoms with Crippen LogP contribution in [-0.2, 0) is 4.79 Å². The Balaban J connectivity index is 1.41. The largest absolute Gasteiger partial charge is 0.370 e. The minimum absolute atomic E-state index is 0.130. The number of pyridine rings is 2. The highest BCUT2D eigenvalue weighted by molar-refractivity contribution is 5.97. The summed E-state index contributed by atoms with van der Waals surface area (Å²) in [6.07, 6.45) is 8.49. The Bertz CT molecular complexity index is 1620. The molecule has 0 atom stereocenters. The van der Waals surface area contributed by atoms with E-state index in [0.29, 0.717) is 44.9 Å².